The molecule has 2 aromatic heterocycles. The Hall–Kier alpha value is -3.55. The Morgan fingerprint density at radius 1 is 1.09 bits per heavy atom. The van der Waals surface area contributed by atoms with E-state index in [0.717, 1.165) is 35.3 Å². The van der Waals surface area contributed by atoms with Crippen LogP contribution >= 0.6 is 0 Å². The Labute approximate surface area is 185 Å². The first-order chi connectivity index (χ1) is 15.6. The number of carbonyl (C=O) groups excluding carboxylic acids is 1. The Morgan fingerprint density at radius 2 is 1.84 bits per heavy atom. The number of rotatable bonds is 5. The molecule has 0 atom stereocenters. The lowest BCUT2D eigenvalue weighted by molar-refractivity contribution is -0.125. The molecule has 0 aliphatic carbocycles. The van der Waals surface area contributed by atoms with E-state index in [1.807, 2.05) is 41.8 Å². The molecule has 1 amide bonds. The summed E-state index contributed by atoms with van der Waals surface area (Å²) in [5, 5.41) is 8.51. The van der Waals surface area contributed by atoms with Crippen molar-refractivity contribution < 1.29 is 9.18 Å². The van der Waals surface area contributed by atoms with Gasteiger partial charge in [0, 0.05) is 30.9 Å². The SMILES string of the molecule is Cc1nc2c3ccccc3nc(N3CCC(C(=O)NCCc4ccccc4F)CC3)n2n1. The standard InChI is InChI=1S/C24H25FN6O/c1-16-27-22-19-7-3-5-9-21(19)28-24(31(22)29-16)30-14-11-18(12-15-30)23(32)26-13-10-17-6-2-4-8-20(17)25/h2-9,18H,10-15H2,1H3,(H,26,32). The third-order valence-electron chi connectivity index (χ3n) is 6.07. The number of piperidine rings is 1. The van der Waals surface area contributed by atoms with Crippen LogP contribution in [0.15, 0.2) is 48.5 Å². The molecule has 1 saturated heterocycles. The van der Waals surface area contributed by atoms with Crippen LogP contribution in [0.25, 0.3) is 16.6 Å². The molecule has 0 saturated carbocycles. The highest BCUT2D eigenvalue weighted by Gasteiger charge is 2.27. The fraction of sp³-hybridized carbons (Fsp3) is 0.333. The van der Waals surface area contributed by atoms with Crippen LogP contribution in [-0.2, 0) is 11.2 Å². The number of hydrogen-bond acceptors (Lipinski definition) is 5. The molecule has 4 aromatic rings. The summed E-state index contributed by atoms with van der Waals surface area (Å²) in [6.45, 7) is 3.74. The van der Waals surface area contributed by atoms with Gasteiger partial charge in [-0.2, -0.15) is 4.52 Å². The van der Waals surface area contributed by atoms with E-state index < -0.39 is 0 Å². The first-order valence-electron chi connectivity index (χ1n) is 11.0. The number of aryl methyl sites for hydroxylation is 1. The Bertz CT molecular complexity index is 1280. The van der Waals surface area contributed by atoms with Crippen LogP contribution in [-0.4, -0.2) is 45.1 Å². The van der Waals surface area contributed by atoms with Crippen molar-refractivity contribution in [2.75, 3.05) is 24.5 Å². The van der Waals surface area contributed by atoms with E-state index in [1.165, 1.54) is 6.07 Å². The quantitative estimate of drug-likeness (QED) is 0.524. The minimum absolute atomic E-state index is 0.0363. The van der Waals surface area contributed by atoms with Gasteiger partial charge in [-0.1, -0.05) is 30.3 Å². The summed E-state index contributed by atoms with van der Waals surface area (Å²) >= 11 is 0. The maximum Gasteiger partial charge on any atom is 0.229 e. The van der Waals surface area contributed by atoms with Crippen LogP contribution in [0.5, 0.6) is 0 Å². The molecular weight excluding hydrogens is 407 g/mol. The average molecular weight is 433 g/mol. The van der Waals surface area contributed by atoms with Crippen LogP contribution in [0.4, 0.5) is 10.3 Å². The summed E-state index contributed by atoms with van der Waals surface area (Å²) in [4.78, 5) is 24.3. The van der Waals surface area contributed by atoms with E-state index in [4.69, 9.17) is 4.98 Å². The number of amides is 1. The Balaban J connectivity index is 1.25. The number of hydrogen-bond donors (Lipinski definition) is 1. The van der Waals surface area contributed by atoms with Crippen molar-refractivity contribution in [1.82, 2.24) is 24.9 Å². The third kappa shape index (κ3) is 3.88. The van der Waals surface area contributed by atoms with Gasteiger partial charge < -0.3 is 10.2 Å². The summed E-state index contributed by atoms with van der Waals surface area (Å²) in [7, 11) is 0. The number of benzene rings is 2. The summed E-state index contributed by atoms with van der Waals surface area (Å²) in [6.07, 6.45) is 1.95. The van der Waals surface area contributed by atoms with Crippen molar-refractivity contribution in [2.24, 2.45) is 5.92 Å². The number of aromatic nitrogens is 4. The molecule has 0 spiro atoms. The number of nitrogens with one attached hydrogen (secondary N) is 1. The molecule has 1 N–H and O–H groups in total. The van der Waals surface area contributed by atoms with Crippen LogP contribution in [0.2, 0.25) is 0 Å². The van der Waals surface area contributed by atoms with Gasteiger partial charge in [0.05, 0.1) is 5.52 Å². The summed E-state index contributed by atoms with van der Waals surface area (Å²) in [6, 6.07) is 14.6. The molecule has 164 valence electrons. The van der Waals surface area contributed by atoms with Gasteiger partial charge in [-0.15, -0.1) is 5.10 Å². The first-order valence-corrected chi connectivity index (χ1v) is 11.0. The summed E-state index contributed by atoms with van der Waals surface area (Å²) in [5.74, 6) is 1.22. The van der Waals surface area contributed by atoms with Gasteiger partial charge in [0.1, 0.15) is 11.6 Å². The molecule has 0 radical (unpaired) electrons. The van der Waals surface area contributed by atoms with E-state index in [1.54, 1.807) is 12.1 Å². The van der Waals surface area contributed by atoms with Crippen molar-refractivity contribution in [2.45, 2.75) is 26.2 Å². The molecule has 3 heterocycles. The number of para-hydroxylation sites is 1. The van der Waals surface area contributed by atoms with Gasteiger partial charge in [-0.05, 0) is 49.9 Å². The zero-order valence-electron chi connectivity index (χ0n) is 18.0. The second kappa shape index (κ2) is 8.53. The molecule has 1 aliphatic heterocycles. The second-order valence-corrected chi connectivity index (χ2v) is 8.22. The van der Waals surface area contributed by atoms with Gasteiger partial charge in [0.15, 0.2) is 5.65 Å². The number of carbonyl (C=O) groups is 1. The summed E-state index contributed by atoms with van der Waals surface area (Å²) < 4.78 is 15.6. The lowest BCUT2D eigenvalue weighted by atomic mass is 9.96. The van der Waals surface area contributed by atoms with Crippen molar-refractivity contribution in [1.29, 1.82) is 0 Å². The largest absolute Gasteiger partial charge is 0.356 e. The van der Waals surface area contributed by atoms with Gasteiger partial charge >= 0.3 is 0 Å². The summed E-state index contributed by atoms with van der Waals surface area (Å²) in [5.41, 5.74) is 2.31. The predicted octanol–water partition coefficient (Wildman–Crippen LogP) is 3.30. The van der Waals surface area contributed by atoms with Crippen LogP contribution in [0, 0.1) is 18.7 Å². The average Bonchev–Trinajstić information content (AvgIpc) is 3.21. The number of halogens is 1. The highest BCUT2D eigenvalue weighted by molar-refractivity contribution is 5.92. The second-order valence-electron chi connectivity index (χ2n) is 8.22. The molecule has 1 fully saturated rings. The maximum absolute atomic E-state index is 13.7. The lowest BCUT2D eigenvalue weighted by Gasteiger charge is -2.32. The Kier molecular flexibility index (Phi) is 5.43. The maximum atomic E-state index is 13.7. The van der Waals surface area contributed by atoms with Crippen LogP contribution < -0.4 is 10.2 Å². The predicted molar refractivity (Wildman–Crippen MR) is 121 cm³/mol. The lowest BCUT2D eigenvalue weighted by Crippen LogP contribution is -2.42. The molecule has 2 aromatic carbocycles. The molecule has 32 heavy (non-hydrogen) atoms. The normalized spacial score (nSPS) is 14.9. The zero-order chi connectivity index (χ0) is 22.1. The third-order valence-corrected chi connectivity index (χ3v) is 6.07. The smallest absolute Gasteiger partial charge is 0.229 e. The van der Waals surface area contributed by atoms with E-state index in [2.05, 4.69) is 20.3 Å². The van der Waals surface area contributed by atoms with Crippen LogP contribution in [0.1, 0.15) is 24.2 Å². The zero-order valence-corrected chi connectivity index (χ0v) is 18.0. The van der Waals surface area contributed by atoms with Gasteiger partial charge in [0.25, 0.3) is 0 Å². The molecule has 5 rings (SSSR count). The van der Waals surface area contributed by atoms with E-state index >= 15 is 0 Å². The van der Waals surface area contributed by atoms with E-state index in [9.17, 15) is 9.18 Å². The van der Waals surface area contributed by atoms with Crippen molar-refractivity contribution >= 4 is 28.4 Å². The monoisotopic (exact) mass is 432 g/mol. The van der Waals surface area contributed by atoms with Crippen molar-refractivity contribution in [3.63, 3.8) is 0 Å². The number of fused-ring (bicyclic) bond motifs is 3. The van der Waals surface area contributed by atoms with E-state index in [0.29, 0.717) is 37.4 Å². The fourth-order valence-electron chi connectivity index (χ4n) is 4.36. The van der Waals surface area contributed by atoms with Gasteiger partial charge in [-0.25, -0.2) is 14.4 Å². The van der Waals surface area contributed by atoms with Crippen molar-refractivity contribution in [3.05, 3.63) is 65.7 Å². The Morgan fingerprint density at radius 3 is 2.66 bits per heavy atom. The fourth-order valence-corrected chi connectivity index (χ4v) is 4.36. The number of anilines is 1. The van der Waals surface area contributed by atoms with Crippen molar-refractivity contribution in [3.8, 4) is 0 Å². The topological polar surface area (TPSA) is 75.4 Å². The molecule has 0 bridgehead atoms. The molecular formula is C24H25FN6O. The number of nitrogens with zero attached hydrogens (tertiary/aromatic N) is 5. The minimum Gasteiger partial charge on any atom is -0.356 e. The highest BCUT2D eigenvalue weighted by atomic mass is 19.1. The minimum atomic E-state index is -0.229. The van der Waals surface area contributed by atoms with Gasteiger partial charge in [0.2, 0.25) is 11.9 Å². The van der Waals surface area contributed by atoms with Crippen LogP contribution in [0.3, 0.4) is 0 Å². The molecule has 7 nitrogen and oxygen atoms in total. The highest BCUT2D eigenvalue weighted by Crippen LogP contribution is 2.26. The molecule has 8 heteroatoms. The van der Waals surface area contributed by atoms with E-state index in [-0.39, 0.29) is 17.6 Å². The molecule has 0 unspecified atom stereocenters. The first kappa shape index (κ1) is 20.4. The molecule has 1 aliphatic rings. The van der Waals surface area contributed by atoms with Gasteiger partial charge in [-0.3, -0.25) is 4.79 Å².